The molecule has 2 aromatic carbocycles. The van der Waals surface area contributed by atoms with Crippen LogP contribution in [0.3, 0.4) is 0 Å². The molecule has 0 aromatic heterocycles. The van der Waals surface area contributed by atoms with E-state index in [4.69, 9.17) is 0 Å². The Hall–Kier alpha value is -2.66. The van der Waals surface area contributed by atoms with Gasteiger partial charge in [0.15, 0.2) is 5.17 Å². The summed E-state index contributed by atoms with van der Waals surface area (Å²) in [5.41, 5.74) is 3.07. The van der Waals surface area contributed by atoms with Crippen molar-refractivity contribution in [2.24, 2.45) is 10.1 Å². The van der Waals surface area contributed by atoms with E-state index < -0.39 is 0 Å². The number of aliphatic imine (C=N–C) groups is 1. The van der Waals surface area contributed by atoms with Crippen LogP contribution in [0.15, 0.2) is 82.9 Å². The highest BCUT2D eigenvalue weighted by molar-refractivity contribution is 8.14. The summed E-state index contributed by atoms with van der Waals surface area (Å²) in [6.07, 6.45) is 0. The number of hydrogen-bond acceptors (Lipinski definition) is 4. The molecule has 0 aliphatic carbocycles. The fourth-order valence-corrected chi connectivity index (χ4v) is 3.74. The van der Waals surface area contributed by atoms with E-state index >= 15 is 0 Å². The molecule has 118 valence electrons. The maximum Gasteiger partial charge on any atom is 0.282 e. The van der Waals surface area contributed by atoms with Crippen molar-refractivity contribution in [1.82, 2.24) is 5.01 Å². The zero-order valence-corrected chi connectivity index (χ0v) is 13.7. The highest BCUT2D eigenvalue weighted by Gasteiger charge is 2.35. The molecule has 0 bridgehead atoms. The average Bonchev–Trinajstić information content (AvgIpc) is 3.23. The minimum absolute atomic E-state index is 0.0586. The lowest BCUT2D eigenvalue weighted by molar-refractivity contribution is -0.122. The third-order valence-corrected chi connectivity index (χ3v) is 5.00. The summed E-state index contributed by atoms with van der Waals surface area (Å²) < 4.78 is 0. The van der Waals surface area contributed by atoms with Gasteiger partial charge < -0.3 is 0 Å². The molecule has 24 heavy (non-hydrogen) atoms. The number of rotatable bonds is 2. The number of amidine groups is 1. The maximum atomic E-state index is 12.5. The van der Waals surface area contributed by atoms with E-state index in [-0.39, 0.29) is 11.9 Å². The summed E-state index contributed by atoms with van der Waals surface area (Å²) in [5, 5.41) is 6.51. The van der Waals surface area contributed by atoms with Crippen molar-refractivity contribution < 1.29 is 4.79 Å². The molecule has 0 N–H and O–H groups in total. The third-order valence-electron chi connectivity index (χ3n) is 3.99. The van der Waals surface area contributed by atoms with E-state index in [0.29, 0.717) is 16.5 Å². The van der Waals surface area contributed by atoms with Gasteiger partial charge in [0.25, 0.3) is 5.91 Å². The highest BCUT2D eigenvalue weighted by atomic mass is 32.2. The van der Waals surface area contributed by atoms with Crippen LogP contribution in [0.5, 0.6) is 0 Å². The number of carbonyl (C=O) groups excluding carboxylic acids is 1. The Balaban J connectivity index is 1.64. The molecule has 0 fully saturated rings. The van der Waals surface area contributed by atoms with Crippen LogP contribution in [0.4, 0.5) is 0 Å². The van der Waals surface area contributed by atoms with E-state index in [9.17, 15) is 4.79 Å². The van der Waals surface area contributed by atoms with E-state index in [2.05, 4.69) is 28.8 Å². The predicted octanol–water partition coefficient (Wildman–Crippen LogP) is 3.63. The van der Waals surface area contributed by atoms with Crippen LogP contribution in [0.1, 0.15) is 17.2 Å². The summed E-state index contributed by atoms with van der Waals surface area (Å²) in [6, 6.07) is 19.8. The normalized spacial score (nSPS) is 20.3. The van der Waals surface area contributed by atoms with Gasteiger partial charge in [0, 0.05) is 11.3 Å². The first-order valence-electron chi connectivity index (χ1n) is 7.67. The first-order valence-corrected chi connectivity index (χ1v) is 8.66. The van der Waals surface area contributed by atoms with Gasteiger partial charge in [-0.2, -0.15) is 10.1 Å². The first-order chi connectivity index (χ1) is 11.7. The van der Waals surface area contributed by atoms with E-state index in [1.54, 1.807) is 11.8 Å². The minimum Gasteiger partial charge on any atom is -0.267 e. The van der Waals surface area contributed by atoms with Crippen LogP contribution in [-0.2, 0) is 4.79 Å². The highest BCUT2D eigenvalue weighted by Crippen LogP contribution is 2.33. The van der Waals surface area contributed by atoms with Crippen molar-refractivity contribution in [3.8, 4) is 0 Å². The molecule has 1 atom stereocenters. The van der Waals surface area contributed by atoms with E-state index in [1.807, 2.05) is 48.5 Å². The summed E-state index contributed by atoms with van der Waals surface area (Å²) in [6.45, 7) is 3.91. The first kappa shape index (κ1) is 14.9. The van der Waals surface area contributed by atoms with Crippen LogP contribution in [-0.4, -0.2) is 27.5 Å². The molecule has 0 spiro atoms. The smallest absolute Gasteiger partial charge is 0.267 e. The van der Waals surface area contributed by atoms with Crippen molar-refractivity contribution in [1.29, 1.82) is 0 Å². The topological polar surface area (TPSA) is 45.0 Å². The molecular formula is C19H15N3OS. The van der Waals surface area contributed by atoms with Crippen molar-refractivity contribution in [2.45, 2.75) is 6.04 Å². The summed E-state index contributed by atoms with van der Waals surface area (Å²) >= 11 is 1.55. The lowest BCUT2D eigenvalue weighted by Gasteiger charge is -2.09. The van der Waals surface area contributed by atoms with Gasteiger partial charge >= 0.3 is 0 Å². The standard InChI is InChI=1S/C19H15N3OS/c1-13-17(15-10-6-3-7-11-15)21-22(18(13)23)19-20-16(12-24-19)14-8-4-2-5-9-14/h2-11,16H,1,12H2. The molecule has 2 aromatic rings. The molecule has 2 aliphatic heterocycles. The van der Waals surface area contributed by atoms with Crippen molar-refractivity contribution in [2.75, 3.05) is 5.75 Å². The molecule has 1 unspecified atom stereocenters. The van der Waals surface area contributed by atoms with Crippen LogP contribution >= 0.6 is 11.8 Å². The number of hydrazone groups is 1. The SMILES string of the molecule is C=C1C(=O)N(C2=NC(c3ccccc3)CS2)N=C1c1ccccc1. The van der Waals surface area contributed by atoms with Crippen LogP contribution in [0.2, 0.25) is 0 Å². The number of carbonyl (C=O) groups is 1. The Labute approximate surface area is 144 Å². The second-order valence-electron chi connectivity index (χ2n) is 5.56. The summed E-state index contributed by atoms with van der Waals surface area (Å²) in [4.78, 5) is 17.2. The number of amides is 1. The quantitative estimate of drug-likeness (QED) is 0.788. The average molecular weight is 333 g/mol. The molecule has 2 heterocycles. The van der Waals surface area contributed by atoms with Gasteiger partial charge in [-0.1, -0.05) is 79.0 Å². The molecule has 0 radical (unpaired) electrons. The van der Waals surface area contributed by atoms with Gasteiger partial charge in [-0.3, -0.25) is 9.79 Å². The fourth-order valence-electron chi connectivity index (χ4n) is 2.72. The van der Waals surface area contributed by atoms with Gasteiger partial charge in [-0.25, -0.2) is 0 Å². The predicted molar refractivity (Wildman–Crippen MR) is 98.0 cm³/mol. The molecule has 4 nitrogen and oxygen atoms in total. The molecule has 0 saturated carbocycles. The van der Waals surface area contributed by atoms with Gasteiger partial charge in [-0.05, 0) is 5.56 Å². The fraction of sp³-hybridized carbons (Fsp3) is 0.105. The molecule has 2 aliphatic rings. The zero-order valence-electron chi connectivity index (χ0n) is 12.9. The Morgan fingerprint density at radius 1 is 1.04 bits per heavy atom. The zero-order chi connectivity index (χ0) is 16.5. The Kier molecular flexibility index (Phi) is 3.78. The summed E-state index contributed by atoms with van der Waals surface area (Å²) in [5.74, 6) is 0.611. The number of hydrogen-bond donors (Lipinski definition) is 0. The maximum absolute atomic E-state index is 12.5. The van der Waals surface area contributed by atoms with Gasteiger partial charge in [0.1, 0.15) is 5.71 Å². The Morgan fingerprint density at radius 2 is 1.71 bits per heavy atom. The Bertz CT molecular complexity index is 859. The van der Waals surface area contributed by atoms with Crippen LogP contribution in [0, 0.1) is 0 Å². The molecule has 4 rings (SSSR count). The molecular weight excluding hydrogens is 318 g/mol. The van der Waals surface area contributed by atoms with Crippen molar-refractivity contribution >= 4 is 28.5 Å². The lowest BCUT2D eigenvalue weighted by Crippen LogP contribution is -2.25. The lowest BCUT2D eigenvalue weighted by atomic mass is 10.0. The second kappa shape index (κ2) is 6.09. The number of benzene rings is 2. The van der Waals surface area contributed by atoms with Gasteiger partial charge in [0.05, 0.1) is 11.6 Å². The third kappa shape index (κ3) is 2.57. The largest absolute Gasteiger partial charge is 0.282 e. The summed E-state index contributed by atoms with van der Waals surface area (Å²) in [7, 11) is 0. The van der Waals surface area contributed by atoms with E-state index in [0.717, 1.165) is 16.9 Å². The Morgan fingerprint density at radius 3 is 2.42 bits per heavy atom. The monoisotopic (exact) mass is 333 g/mol. The van der Waals surface area contributed by atoms with Crippen LogP contribution < -0.4 is 0 Å². The second-order valence-corrected chi connectivity index (χ2v) is 6.55. The van der Waals surface area contributed by atoms with E-state index in [1.165, 1.54) is 5.01 Å². The number of thioether (sulfide) groups is 1. The molecule has 0 saturated heterocycles. The van der Waals surface area contributed by atoms with Crippen molar-refractivity contribution in [3.63, 3.8) is 0 Å². The minimum atomic E-state index is -0.200. The van der Waals surface area contributed by atoms with Crippen molar-refractivity contribution in [3.05, 3.63) is 83.9 Å². The molecule has 5 heteroatoms. The van der Waals surface area contributed by atoms with Gasteiger partial charge in [0.2, 0.25) is 0 Å². The molecule has 1 amide bonds. The van der Waals surface area contributed by atoms with Gasteiger partial charge in [-0.15, -0.1) is 0 Å². The van der Waals surface area contributed by atoms with Crippen LogP contribution in [0.25, 0.3) is 0 Å². The number of nitrogens with zero attached hydrogens (tertiary/aromatic N) is 3.